The molecule has 0 spiro atoms. The smallest absolute Gasteiger partial charge is 0.250 e. The maximum Gasteiger partial charge on any atom is 0.250 e. The predicted molar refractivity (Wildman–Crippen MR) is 102 cm³/mol. The normalized spacial score (nSPS) is 11.8. The predicted octanol–water partition coefficient (Wildman–Crippen LogP) is 4.30. The Bertz CT molecular complexity index is 979. The van der Waals surface area contributed by atoms with Gasteiger partial charge in [0.05, 0.1) is 10.2 Å². The number of hydrogen-bond acceptors (Lipinski definition) is 5. The summed E-state index contributed by atoms with van der Waals surface area (Å²) in [6.45, 7) is 4.17. The Labute approximate surface area is 159 Å². The third-order valence-electron chi connectivity index (χ3n) is 3.75. The largest absolute Gasteiger partial charge is 0.355 e. The molecule has 2 heterocycles. The Morgan fingerprint density at radius 2 is 2.08 bits per heavy atom. The van der Waals surface area contributed by atoms with E-state index in [1.165, 1.54) is 11.3 Å². The molecule has 2 aromatic heterocycles. The summed E-state index contributed by atoms with van der Waals surface area (Å²) in [4.78, 5) is 0. The molecule has 0 unspecified atom stereocenters. The minimum atomic E-state index is -3.45. The first-order valence-corrected chi connectivity index (χ1v) is 10.8. The zero-order valence-electron chi connectivity index (χ0n) is 13.7. The molecule has 8 heteroatoms. The van der Waals surface area contributed by atoms with Gasteiger partial charge in [-0.25, -0.2) is 13.1 Å². The van der Waals surface area contributed by atoms with Crippen LogP contribution in [0.4, 0.5) is 0 Å². The number of thiophene rings is 1. The van der Waals surface area contributed by atoms with E-state index in [4.69, 9.17) is 4.52 Å². The van der Waals surface area contributed by atoms with Crippen molar-refractivity contribution in [1.82, 2.24) is 9.88 Å². The van der Waals surface area contributed by atoms with Crippen LogP contribution in [-0.2, 0) is 16.4 Å². The molecule has 25 heavy (non-hydrogen) atoms. The zero-order chi connectivity index (χ0) is 18.0. The summed E-state index contributed by atoms with van der Waals surface area (Å²) in [6.07, 6.45) is 0.548. The van der Waals surface area contributed by atoms with E-state index in [0.29, 0.717) is 22.9 Å². The van der Waals surface area contributed by atoms with E-state index in [-0.39, 0.29) is 0 Å². The summed E-state index contributed by atoms with van der Waals surface area (Å²) in [5.41, 5.74) is 3.79. The third kappa shape index (κ3) is 4.03. The molecule has 0 aliphatic rings. The van der Waals surface area contributed by atoms with E-state index in [1.807, 2.05) is 32.0 Å². The highest BCUT2D eigenvalue weighted by atomic mass is 79.9. The molecule has 3 aromatic rings. The highest BCUT2D eigenvalue weighted by Crippen LogP contribution is 2.33. The lowest BCUT2D eigenvalue weighted by Gasteiger charge is -2.10. The van der Waals surface area contributed by atoms with Crippen molar-refractivity contribution in [2.24, 2.45) is 0 Å². The van der Waals surface area contributed by atoms with Gasteiger partial charge in [0.1, 0.15) is 4.21 Å². The fourth-order valence-corrected chi connectivity index (χ4v) is 4.88. The van der Waals surface area contributed by atoms with Gasteiger partial charge in [0.2, 0.25) is 10.0 Å². The molecule has 0 radical (unpaired) electrons. The Hall–Kier alpha value is -1.48. The van der Waals surface area contributed by atoms with Crippen LogP contribution in [0.5, 0.6) is 0 Å². The Balaban J connectivity index is 1.81. The molecular weight excluding hydrogens is 424 g/mol. The first-order chi connectivity index (χ1) is 11.9. The lowest BCUT2D eigenvalue weighted by Crippen LogP contribution is -2.25. The first kappa shape index (κ1) is 18.3. The topological polar surface area (TPSA) is 72.2 Å². The highest BCUT2D eigenvalue weighted by Gasteiger charge is 2.18. The second-order valence-corrected chi connectivity index (χ2v) is 9.39. The number of rotatable bonds is 6. The van der Waals surface area contributed by atoms with Crippen molar-refractivity contribution in [3.05, 3.63) is 57.0 Å². The maximum absolute atomic E-state index is 12.2. The number of aromatic nitrogens is 1. The van der Waals surface area contributed by atoms with Crippen molar-refractivity contribution in [3.63, 3.8) is 0 Å². The van der Waals surface area contributed by atoms with Gasteiger partial charge in [0.25, 0.3) is 0 Å². The lowest BCUT2D eigenvalue weighted by molar-refractivity contribution is 0.426. The summed E-state index contributed by atoms with van der Waals surface area (Å²) in [5.74, 6) is 0.664. The molecule has 0 fully saturated rings. The van der Waals surface area contributed by atoms with E-state index in [2.05, 4.69) is 25.8 Å². The number of hydrogen-bond donors (Lipinski definition) is 1. The molecular formula is C17H17BrN2O3S2. The number of nitrogens with zero attached hydrogens (tertiary/aromatic N) is 1. The molecule has 0 amide bonds. The Morgan fingerprint density at radius 3 is 2.72 bits per heavy atom. The minimum Gasteiger partial charge on any atom is -0.355 e. The Morgan fingerprint density at radius 1 is 1.28 bits per heavy atom. The van der Waals surface area contributed by atoms with E-state index in [9.17, 15) is 8.42 Å². The monoisotopic (exact) mass is 440 g/mol. The summed E-state index contributed by atoms with van der Waals surface area (Å²) in [7, 11) is -3.45. The van der Waals surface area contributed by atoms with Crippen LogP contribution in [0.2, 0.25) is 0 Å². The van der Waals surface area contributed by atoms with E-state index >= 15 is 0 Å². The van der Waals surface area contributed by atoms with Crippen LogP contribution in [0, 0.1) is 13.8 Å². The molecule has 0 saturated carbocycles. The quantitative estimate of drug-likeness (QED) is 0.619. The van der Waals surface area contributed by atoms with Gasteiger partial charge in [0, 0.05) is 12.1 Å². The third-order valence-corrected chi connectivity index (χ3v) is 7.54. The second kappa shape index (κ2) is 7.41. The fraction of sp³-hybridized carbons (Fsp3) is 0.235. The van der Waals surface area contributed by atoms with E-state index in [1.54, 1.807) is 17.5 Å². The summed E-state index contributed by atoms with van der Waals surface area (Å²) < 4.78 is 33.7. The van der Waals surface area contributed by atoms with Crippen molar-refractivity contribution >= 4 is 37.3 Å². The molecule has 5 nitrogen and oxygen atoms in total. The van der Waals surface area contributed by atoms with Crippen LogP contribution >= 0.6 is 27.3 Å². The van der Waals surface area contributed by atoms with Crippen LogP contribution in [0.15, 0.2) is 48.9 Å². The van der Waals surface area contributed by atoms with Gasteiger partial charge in [-0.15, -0.1) is 11.3 Å². The van der Waals surface area contributed by atoms with Gasteiger partial charge >= 0.3 is 0 Å². The van der Waals surface area contributed by atoms with Gasteiger partial charge in [-0.2, -0.15) is 0 Å². The van der Waals surface area contributed by atoms with Gasteiger partial charge in [0.15, 0.2) is 5.76 Å². The van der Waals surface area contributed by atoms with Crippen LogP contribution in [0.1, 0.15) is 16.8 Å². The molecule has 1 aromatic carbocycles. The zero-order valence-corrected chi connectivity index (χ0v) is 17.0. The highest BCUT2D eigenvalue weighted by molar-refractivity contribution is 9.10. The molecule has 0 aliphatic carbocycles. The van der Waals surface area contributed by atoms with E-state index < -0.39 is 10.0 Å². The van der Waals surface area contributed by atoms with Crippen molar-refractivity contribution in [3.8, 4) is 11.3 Å². The number of sulfonamides is 1. The lowest BCUT2D eigenvalue weighted by atomic mass is 10.00. The average Bonchev–Trinajstić information content (AvgIpc) is 3.21. The fourth-order valence-electron chi connectivity index (χ4n) is 2.45. The number of halogens is 1. The van der Waals surface area contributed by atoms with Crippen LogP contribution in [0.25, 0.3) is 11.3 Å². The molecule has 0 saturated heterocycles. The number of benzene rings is 1. The molecule has 0 bridgehead atoms. The second-order valence-electron chi connectivity index (χ2n) is 5.65. The summed E-state index contributed by atoms with van der Waals surface area (Å²) >= 11 is 4.71. The number of aryl methyl sites for hydroxylation is 2. The maximum atomic E-state index is 12.2. The van der Waals surface area contributed by atoms with Crippen molar-refractivity contribution < 1.29 is 12.9 Å². The van der Waals surface area contributed by atoms with Crippen molar-refractivity contribution in [2.45, 2.75) is 24.5 Å². The van der Waals surface area contributed by atoms with Crippen LogP contribution < -0.4 is 4.72 Å². The van der Waals surface area contributed by atoms with Crippen LogP contribution in [-0.4, -0.2) is 20.1 Å². The SMILES string of the molecule is Cc1ccc(CCNS(=O)(=O)c2cccs2)c(-c2onc(C)c2Br)c1. The standard InChI is InChI=1S/C17H17BrN2O3S2/c1-11-5-6-13(14(10-11)17-16(18)12(2)20-23-17)7-8-19-25(21,22)15-4-3-9-24-15/h3-6,9-10,19H,7-8H2,1-2H3. The van der Waals surface area contributed by atoms with E-state index in [0.717, 1.165) is 26.9 Å². The molecule has 3 rings (SSSR count). The van der Waals surface area contributed by atoms with Gasteiger partial charge in [-0.1, -0.05) is 28.9 Å². The average molecular weight is 441 g/mol. The van der Waals surface area contributed by atoms with Gasteiger partial charge in [-0.05, 0) is 59.3 Å². The number of nitrogens with one attached hydrogen (secondary N) is 1. The molecule has 0 atom stereocenters. The molecule has 132 valence electrons. The van der Waals surface area contributed by atoms with Crippen molar-refractivity contribution in [1.29, 1.82) is 0 Å². The molecule has 1 N–H and O–H groups in total. The van der Waals surface area contributed by atoms with Gasteiger partial charge < -0.3 is 4.52 Å². The summed E-state index contributed by atoms with van der Waals surface area (Å²) in [6, 6.07) is 9.34. The first-order valence-electron chi connectivity index (χ1n) is 7.63. The van der Waals surface area contributed by atoms with Crippen LogP contribution in [0.3, 0.4) is 0 Å². The summed E-state index contributed by atoms with van der Waals surface area (Å²) in [5, 5.41) is 5.73. The minimum absolute atomic E-state index is 0.307. The van der Waals surface area contributed by atoms with Gasteiger partial charge in [-0.3, -0.25) is 0 Å². The molecule has 0 aliphatic heterocycles. The van der Waals surface area contributed by atoms with Crippen molar-refractivity contribution in [2.75, 3.05) is 6.54 Å². The Kier molecular flexibility index (Phi) is 5.43.